The predicted molar refractivity (Wildman–Crippen MR) is 144 cm³/mol. The van der Waals surface area contributed by atoms with Gasteiger partial charge in [-0.2, -0.15) is 13.7 Å². The lowest BCUT2D eigenvalue weighted by Crippen LogP contribution is -2.13. The van der Waals surface area contributed by atoms with Crippen molar-refractivity contribution in [3.8, 4) is 23.3 Å². The van der Waals surface area contributed by atoms with E-state index in [1.807, 2.05) is 19.9 Å². The average molecular weight is 585 g/mol. The third-order valence-electron chi connectivity index (χ3n) is 4.91. The summed E-state index contributed by atoms with van der Waals surface area (Å²) in [4.78, 5) is 12.8. The van der Waals surface area contributed by atoms with E-state index in [2.05, 4.69) is 21.2 Å². The number of carbonyl (C=O) groups is 1. The number of nitriles is 1. The van der Waals surface area contributed by atoms with E-state index in [1.165, 1.54) is 30.3 Å². The van der Waals surface area contributed by atoms with Crippen LogP contribution in [0.25, 0.3) is 6.08 Å². The highest BCUT2D eigenvalue weighted by molar-refractivity contribution is 9.10. The molecule has 0 radical (unpaired) electrons. The lowest BCUT2D eigenvalue weighted by molar-refractivity contribution is -0.112. The summed E-state index contributed by atoms with van der Waals surface area (Å²) in [6, 6.07) is 18.0. The minimum atomic E-state index is -4.14. The zero-order chi connectivity index (χ0) is 27.0. The maximum atomic E-state index is 12.8. The highest BCUT2D eigenvalue weighted by Gasteiger charge is 2.22. The molecule has 3 aromatic rings. The number of anilines is 1. The summed E-state index contributed by atoms with van der Waals surface area (Å²) < 4.78 is 42.4. The van der Waals surface area contributed by atoms with Crippen molar-refractivity contribution < 1.29 is 26.9 Å². The Labute approximate surface area is 224 Å². The van der Waals surface area contributed by atoms with Gasteiger partial charge in [-0.05, 0) is 84.7 Å². The molecule has 37 heavy (non-hydrogen) atoms. The molecule has 192 valence electrons. The van der Waals surface area contributed by atoms with Gasteiger partial charge >= 0.3 is 10.1 Å². The molecular formula is C27H25BrN2O6S. The summed E-state index contributed by atoms with van der Waals surface area (Å²) in [5.74, 6) is 0.0490. The fourth-order valence-electron chi connectivity index (χ4n) is 3.22. The van der Waals surface area contributed by atoms with Crippen LogP contribution in [-0.4, -0.2) is 27.5 Å². The Morgan fingerprint density at radius 2 is 1.76 bits per heavy atom. The van der Waals surface area contributed by atoms with Crippen LogP contribution in [0.15, 0.2) is 75.6 Å². The van der Waals surface area contributed by atoms with Crippen LogP contribution in [0, 0.1) is 18.3 Å². The number of carbonyl (C=O) groups excluding carboxylic acids is 1. The molecule has 0 fully saturated rings. The molecule has 1 amide bonds. The smallest absolute Gasteiger partial charge is 0.339 e. The van der Waals surface area contributed by atoms with E-state index in [9.17, 15) is 18.5 Å². The second-order valence-corrected chi connectivity index (χ2v) is 10.1. The number of hydrogen-bond donors (Lipinski definition) is 1. The van der Waals surface area contributed by atoms with Crippen molar-refractivity contribution >= 4 is 43.7 Å². The van der Waals surface area contributed by atoms with E-state index < -0.39 is 16.0 Å². The topological polar surface area (TPSA) is 115 Å². The summed E-state index contributed by atoms with van der Waals surface area (Å²) >= 11 is 3.33. The molecule has 0 unspecified atom stereocenters. The number of nitrogens with one attached hydrogen (secondary N) is 1. The van der Waals surface area contributed by atoms with Gasteiger partial charge < -0.3 is 19.0 Å². The van der Waals surface area contributed by atoms with Crippen LogP contribution >= 0.6 is 15.9 Å². The molecule has 0 bridgehead atoms. The summed E-state index contributed by atoms with van der Waals surface area (Å²) in [6.45, 7) is 6.14. The van der Waals surface area contributed by atoms with Crippen molar-refractivity contribution in [3.05, 3.63) is 81.8 Å². The van der Waals surface area contributed by atoms with E-state index in [0.29, 0.717) is 23.6 Å². The number of halogens is 1. The number of hydrogen-bond acceptors (Lipinski definition) is 7. The molecule has 3 aromatic carbocycles. The first kappa shape index (κ1) is 27.8. The molecule has 0 heterocycles. The molecule has 0 saturated carbocycles. The number of ether oxygens (including phenoxy) is 2. The molecule has 1 N–H and O–H groups in total. The number of benzene rings is 3. The fourth-order valence-corrected chi connectivity index (χ4v) is 4.83. The van der Waals surface area contributed by atoms with Crippen molar-refractivity contribution in [2.24, 2.45) is 0 Å². The maximum Gasteiger partial charge on any atom is 0.339 e. The van der Waals surface area contributed by atoms with Gasteiger partial charge in [0.05, 0.1) is 17.7 Å². The van der Waals surface area contributed by atoms with Gasteiger partial charge in [-0.15, -0.1) is 0 Å². The van der Waals surface area contributed by atoms with Gasteiger partial charge in [-0.1, -0.05) is 23.8 Å². The van der Waals surface area contributed by atoms with Gasteiger partial charge in [-0.25, -0.2) is 0 Å². The number of rotatable bonds is 10. The van der Waals surface area contributed by atoms with E-state index in [0.717, 1.165) is 5.56 Å². The minimum absolute atomic E-state index is 0.00624. The van der Waals surface area contributed by atoms with Crippen LogP contribution in [0.3, 0.4) is 0 Å². The van der Waals surface area contributed by atoms with E-state index in [-0.39, 0.29) is 33.0 Å². The Balaban J connectivity index is 1.91. The normalized spacial score (nSPS) is 11.4. The van der Waals surface area contributed by atoms with Crippen molar-refractivity contribution in [2.45, 2.75) is 25.7 Å². The van der Waals surface area contributed by atoms with Gasteiger partial charge in [0.25, 0.3) is 5.91 Å². The van der Waals surface area contributed by atoms with Gasteiger partial charge in [0.2, 0.25) is 0 Å². The lowest BCUT2D eigenvalue weighted by Gasteiger charge is -2.15. The molecular weight excluding hydrogens is 560 g/mol. The fraction of sp³-hybridized carbons (Fsp3) is 0.185. The van der Waals surface area contributed by atoms with Crippen LogP contribution in [0.1, 0.15) is 25.0 Å². The largest absolute Gasteiger partial charge is 0.494 e. The molecule has 0 spiro atoms. The van der Waals surface area contributed by atoms with Crippen LogP contribution < -0.4 is 19.0 Å². The Hall–Kier alpha value is -3.81. The zero-order valence-corrected chi connectivity index (χ0v) is 22.9. The quantitative estimate of drug-likeness (QED) is 0.180. The van der Waals surface area contributed by atoms with Crippen molar-refractivity contribution in [3.63, 3.8) is 0 Å². The summed E-state index contributed by atoms with van der Waals surface area (Å²) in [5.41, 5.74) is 1.63. The monoisotopic (exact) mass is 584 g/mol. The molecule has 0 atom stereocenters. The first-order valence-corrected chi connectivity index (χ1v) is 13.5. The molecule has 0 aromatic heterocycles. The second kappa shape index (κ2) is 12.4. The Kier molecular flexibility index (Phi) is 9.33. The Morgan fingerprint density at radius 1 is 1.05 bits per heavy atom. The van der Waals surface area contributed by atoms with Gasteiger partial charge in [0, 0.05) is 11.8 Å². The third kappa shape index (κ3) is 7.35. The average Bonchev–Trinajstić information content (AvgIpc) is 2.85. The van der Waals surface area contributed by atoms with Crippen LogP contribution in [0.2, 0.25) is 0 Å². The van der Waals surface area contributed by atoms with Crippen LogP contribution in [0.5, 0.6) is 17.2 Å². The standard InChI is InChI=1S/C27H25BrN2O6S/c1-4-34-22-8-6-7-21(16-22)30-27(31)20(17-29)13-19-14-24(28)26(25(15-19)35-5-2)36-37(32,33)23-11-9-18(3)10-12-23/h6-16H,4-5H2,1-3H3,(H,30,31)/b20-13+. The van der Waals surface area contributed by atoms with Crippen molar-refractivity contribution in [1.29, 1.82) is 5.26 Å². The highest BCUT2D eigenvalue weighted by atomic mass is 79.9. The Morgan fingerprint density at radius 3 is 2.41 bits per heavy atom. The molecule has 0 aliphatic heterocycles. The van der Waals surface area contributed by atoms with Crippen LogP contribution in [0.4, 0.5) is 5.69 Å². The lowest BCUT2D eigenvalue weighted by atomic mass is 10.1. The minimum Gasteiger partial charge on any atom is -0.494 e. The Bertz CT molecular complexity index is 1460. The van der Waals surface area contributed by atoms with E-state index >= 15 is 0 Å². The molecule has 8 nitrogen and oxygen atoms in total. The first-order valence-electron chi connectivity index (χ1n) is 11.3. The predicted octanol–water partition coefficient (Wildman–Crippen LogP) is 5.87. The SMILES string of the molecule is CCOc1cccc(NC(=O)/C(C#N)=C/c2cc(Br)c(OS(=O)(=O)c3ccc(C)cc3)c(OCC)c2)c1. The van der Waals surface area contributed by atoms with Crippen molar-refractivity contribution in [2.75, 3.05) is 18.5 Å². The summed E-state index contributed by atoms with van der Waals surface area (Å²) in [7, 11) is -4.14. The second-order valence-electron chi connectivity index (χ2n) is 7.70. The van der Waals surface area contributed by atoms with Crippen LogP contribution in [-0.2, 0) is 14.9 Å². The molecule has 10 heteroatoms. The van der Waals surface area contributed by atoms with Gasteiger partial charge in [-0.3, -0.25) is 4.79 Å². The number of nitrogens with zero attached hydrogens (tertiary/aromatic N) is 1. The number of aryl methyl sites for hydroxylation is 1. The first-order chi connectivity index (χ1) is 17.7. The molecule has 0 aliphatic carbocycles. The van der Waals surface area contributed by atoms with E-state index in [1.54, 1.807) is 43.3 Å². The highest BCUT2D eigenvalue weighted by Crippen LogP contribution is 2.39. The van der Waals surface area contributed by atoms with Crippen molar-refractivity contribution in [1.82, 2.24) is 0 Å². The molecule has 0 saturated heterocycles. The van der Waals surface area contributed by atoms with Gasteiger partial charge in [0.1, 0.15) is 22.3 Å². The number of amides is 1. The van der Waals surface area contributed by atoms with E-state index in [4.69, 9.17) is 13.7 Å². The van der Waals surface area contributed by atoms with Gasteiger partial charge in [0.15, 0.2) is 11.5 Å². The maximum absolute atomic E-state index is 12.8. The zero-order valence-electron chi connectivity index (χ0n) is 20.4. The summed E-state index contributed by atoms with van der Waals surface area (Å²) in [5, 5.41) is 12.3. The third-order valence-corrected chi connectivity index (χ3v) is 6.74. The summed E-state index contributed by atoms with van der Waals surface area (Å²) in [6.07, 6.45) is 1.37. The molecule has 0 aliphatic rings. The molecule has 3 rings (SSSR count).